The van der Waals surface area contributed by atoms with Crippen LogP contribution in [0.5, 0.6) is 0 Å². The molecule has 6 nitrogen and oxygen atoms in total. The Labute approximate surface area is 115 Å². The van der Waals surface area contributed by atoms with Crippen LogP contribution in [0.25, 0.3) is 0 Å². The van der Waals surface area contributed by atoms with Crippen LogP contribution in [0.4, 0.5) is 0 Å². The van der Waals surface area contributed by atoms with Crippen LogP contribution in [0.3, 0.4) is 0 Å². The van der Waals surface area contributed by atoms with Crippen LogP contribution < -0.4 is 4.72 Å². The lowest BCUT2D eigenvalue weighted by molar-refractivity contribution is -0.154. The second-order valence-corrected chi connectivity index (χ2v) is 7.82. The largest absolute Gasteiger partial charge is 0.480 e. The fourth-order valence-corrected chi connectivity index (χ4v) is 4.71. The number of methoxy groups -OCH3 is 1. The zero-order valence-corrected chi connectivity index (χ0v) is 12.2. The van der Waals surface area contributed by atoms with Gasteiger partial charge in [-0.05, 0) is 19.1 Å². The van der Waals surface area contributed by atoms with Crippen molar-refractivity contribution in [2.24, 2.45) is 0 Å². The summed E-state index contributed by atoms with van der Waals surface area (Å²) in [6, 6.07) is 3.16. The van der Waals surface area contributed by atoms with Crippen molar-refractivity contribution in [2.75, 3.05) is 7.11 Å². The first-order valence-electron chi connectivity index (χ1n) is 5.66. The normalized spacial score (nSPS) is 26.9. The molecule has 1 heterocycles. The van der Waals surface area contributed by atoms with Crippen LogP contribution >= 0.6 is 11.3 Å². The van der Waals surface area contributed by atoms with Gasteiger partial charge in [0.05, 0.1) is 6.10 Å². The fraction of sp³-hybridized carbons (Fsp3) is 0.545. The van der Waals surface area contributed by atoms with Crippen molar-refractivity contribution in [1.82, 2.24) is 4.72 Å². The Hall–Kier alpha value is -0.960. The van der Waals surface area contributed by atoms with E-state index >= 15 is 0 Å². The number of rotatable bonds is 5. The van der Waals surface area contributed by atoms with E-state index in [2.05, 4.69) is 4.72 Å². The van der Waals surface area contributed by atoms with E-state index in [9.17, 15) is 18.3 Å². The van der Waals surface area contributed by atoms with Gasteiger partial charge in [0.1, 0.15) is 9.75 Å². The number of ether oxygens (including phenoxy) is 1. The number of carboxylic acid groups (broad SMARTS) is 1. The quantitative estimate of drug-likeness (QED) is 0.845. The summed E-state index contributed by atoms with van der Waals surface area (Å²) >= 11 is 1.11. The van der Waals surface area contributed by atoms with E-state index in [1.807, 2.05) is 0 Å². The van der Waals surface area contributed by atoms with Gasteiger partial charge in [-0.3, -0.25) is 4.79 Å². The zero-order valence-electron chi connectivity index (χ0n) is 10.5. The van der Waals surface area contributed by atoms with Gasteiger partial charge in [-0.2, -0.15) is 4.72 Å². The van der Waals surface area contributed by atoms with Crippen LogP contribution in [-0.2, 0) is 19.6 Å². The summed E-state index contributed by atoms with van der Waals surface area (Å²) < 4.78 is 31.8. The molecule has 0 spiro atoms. The molecule has 1 aliphatic carbocycles. The topological polar surface area (TPSA) is 92.7 Å². The minimum Gasteiger partial charge on any atom is -0.480 e. The van der Waals surface area contributed by atoms with Crippen LogP contribution in [0.1, 0.15) is 17.7 Å². The summed E-state index contributed by atoms with van der Waals surface area (Å²) in [6.45, 7) is 1.79. The van der Waals surface area contributed by atoms with Crippen LogP contribution in [-0.4, -0.2) is 38.2 Å². The van der Waals surface area contributed by atoms with Crippen LogP contribution in [0.15, 0.2) is 16.3 Å². The molecule has 1 saturated carbocycles. The summed E-state index contributed by atoms with van der Waals surface area (Å²) in [4.78, 5) is 12.2. The minimum absolute atomic E-state index is 0.131. The second-order valence-electron chi connectivity index (χ2n) is 4.62. The van der Waals surface area contributed by atoms with Crippen molar-refractivity contribution in [2.45, 2.75) is 35.6 Å². The maximum absolute atomic E-state index is 12.1. The number of aryl methyl sites for hydroxylation is 1. The Morgan fingerprint density at radius 1 is 1.53 bits per heavy atom. The number of carboxylic acids is 1. The van der Waals surface area contributed by atoms with Gasteiger partial charge in [0.2, 0.25) is 0 Å². The number of thiophene rings is 1. The lowest BCUT2D eigenvalue weighted by Crippen LogP contribution is -2.64. The molecule has 0 aliphatic heterocycles. The van der Waals surface area contributed by atoms with E-state index < -0.39 is 21.5 Å². The highest BCUT2D eigenvalue weighted by atomic mass is 32.2. The number of hydrogen-bond acceptors (Lipinski definition) is 5. The predicted octanol–water partition coefficient (Wildman–Crippen LogP) is 0.967. The van der Waals surface area contributed by atoms with E-state index in [1.54, 1.807) is 13.0 Å². The molecule has 0 atom stereocenters. The fourth-order valence-electron chi connectivity index (χ4n) is 2.05. The molecule has 2 rings (SSSR count). The Morgan fingerprint density at radius 3 is 2.58 bits per heavy atom. The lowest BCUT2D eigenvalue weighted by Gasteiger charge is -2.43. The number of carbonyl (C=O) groups is 1. The Balaban J connectivity index is 2.21. The molecule has 1 aromatic heterocycles. The SMILES string of the molecule is COC1CC(NS(=O)(=O)c2ccc(C)s2)(C(=O)O)C1. The van der Waals surface area contributed by atoms with Gasteiger partial charge in [-0.1, -0.05) is 0 Å². The molecule has 0 bridgehead atoms. The summed E-state index contributed by atoms with van der Waals surface area (Å²) in [5.74, 6) is -1.17. The molecular weight excluding hydrogens is 290 g/mol. The first kappa shape index (κ1) is 14.4. The Kier molecular flexibility index (Phi) is 3.69. The summed E-state index contributed by atoms with van der Waals surface area (Å²) in [5.41, 5.74) is -1.45. The third kappa shape index (κ3) is 2.66. The first-order valence-corrected chi connectivity index (χ1v) is 7.96. The smallest absolute Gasteiger partial charge is 0.325 e. The van der Waals surface area contributed by atoms with Crippen molar-refractivity contribution in [3.63, 3.8) is 0 Å². The minimum atomic E-state index is -3.80. The molecule has 0 unspecified atom stereocenters. The molecule has 106 valence electrons. The molecule has 0 radical (unpaired) electrons. The third-order valence-corrected chi connectivity index (χ3v) is 6.23. The van der Waals surface area contributed by atoms with Crippen LogP contribution in [0.2, 0.25) is 0 Å². The van der Waals surface area contributed by atoms with Crippen molar-refractivity contribution in [3.05, 3.63) is 17.0 Å². The Morgan fingerprint density at radius 2 is 2.16 bits per heavy atom. The molecule has 0 saturated heterocycles. The second kappa shape index (κ2) is 4.86. The molecule has 0 aromatic carbocycles. The number of nitrogens with one attached hydrogen (secondary N) is 1. The summed E-state index contributed by atoms with van der Waals surface area (Å²) in [5, 5.41) is 9.23. The van der Waals surface area contributed by atoms with Crippen LogP contribution in [0, 0.1) is 6.92 Å². The first-order chi connectivity index (χ1) is 8.79. The number of sulfonamides is 1. The van der Waals surface area contributed by atoms with E-state index in [0.29, 0.717) is 0 Å². The molecule has 8 heteroatoms. The van der Waals surface area contributed by atoms with Gasteiger partial charge in [-0.15, -0.1) is 11.3 Å². The maximum Gasteiger partial charge on any atom is 0.325 e. The highest BCUT2D eigenvalue weighted by Crippen LogP contribution is 2.36. The van der Waals surface area contributed by atoms with Crippen molar-refractivity contribution < 1.29 is 23.1 Å². The third-order valence-electron chi connectivity index (χ3n) is 3.21. The van der Waals surface area contributed by atoms with Gasteiger partial charge >= 0.3 is 5.97 Å². The molecule has 0 amide bonds. The number of hydrogen-bond donors (Lipinski definition) is 2. The zero-order chi connectivity index (χ0) is 14.3. The molecule has 1 fully saturated rings. The van der Waals surface area contributed by atoms with Gasteiger partial charge < -0.3 is 9.84 Å². The van der Waals surface area contributed by atoms with E-state index in [1.165, 1.54) is 13.2 Å². The van der Waals surface area contributed by atoms with Gasteiger partial charge in [0.25, 0.3) is 10.0 Å². The van der Waals surface area contributed by atoms with Crippen molar-refractivity contribution >= 4 is 27.3 Å². The van der Waals surface area contributed by atoms with E-state index in [0.717, 1.165) is 16.2 Å². The summed E-state index contributed by atoms with van der Waals surface area (Å²) in [7, 11) is -2.32. The maximum atomic E-state index is 12.1. The Bertz CT molecular complexity index is 586. The van der Waals surface area contributed by atoms with Gasteiger partial charge in [0.15, 0.2) is 0 Å². The average molecular weight is 305 g/mol. The monoisotopic (exact) mass is 305 g/mol. The molecule has 19 heavy (non-hydrogen) atoms. The predicted molar refractivity (Wildman–Crippen MR) is 69.8 cm³/mol. The highest BCUT2D eigenvalue weighted by molar-refractivity contribution is 7.91. The number of aliphatic carboxylic acids is 1. The van der Waals surface area contributed by atoms with Gasteiger partial charge in [-0.25, -0.2) is 8.42 Å². The standard InChI is InChI=1S/C11H15NO5S2/c1-7-3-4-9(18-7)19(15,16)12-11(10(13)14)5-8(6-11)17-2/h3-4,8,12H,5-6H2,1-2H3,(H,13,14). The van der Waals surface area contributed by atoms with E-state index in [4.69, 9.17) is 4.74 Å². The lowest BCUT2D eigenvalue weighted by atomic mass is 9.75. The molecule has 1 aliphatic rings. The van der Waals surface area contributed by atoms with Crippen molar-refractivity contribution in [1.29, 1.82) is 0 Å². The van der Waals surface area contributed by atoms with Gasteiger partial charge in [0, 0.05) is 24.8 Å². The summed E-state index contributed by atoms with van der Waals surface area (Å²) in [6.07, 6.45) is 0.0639. The highest BCUT2D eigenvalue weighted by Gasteiger charge is 2.53. The van der Waals surface area contributed by atoms with Crippen molar-refractivity contribution in [3.8, 4) is 0 Å². The molecular formula is C11H15NO5S2. The van der Waals surface area contributed by atoms with E-state index in [-0.39, 0.29) is 23.2 Å². The molecule has 1 aromatic rings. The molecule has 2 N–H and O–H groups in total. The average Bonchev–Trinajstić information content (AvgIpc) is 2.70.